The molecule has 15 heavy (non-hydrogen) atoms. The summed E-state index contributed by atoms with van der Waals surface area (Å²) < 4.78 is 0. The number of hydrogen-bond acceptors (Lipinski definition) is 2. The van der Waals surface area contributed by atoms with Crippen LogP contribution in [0.3, 0.4) is 0 Å². The molecule has 0 heterocycles. The van der Waals surface area contributed by atoms with Gasteiger partial charge in [-0.25, -0.2) is 0 Å². The van der Waals surface area contributed by atoms with Crippen molar-refractivity contribution in [1.82, 2.24) is 5.32 Å². The fourth-order valence-corrected chi connectivity index (χ4v) is 3.57. The zero-order valence-electron chi connectivity index (χ0n) is 8.98. The van der Waals surface area contributed by atoms with E-state index in [1.807, 2.05) is 0 Å². The standard InChI is InChI=1S/C12H19NO2/c14-12(15)10-8-3-4-9(5-8)11(10)13-6-7-1-2-7/h7-11,13H,1-6H2,(H,14,15). The van der Waals surface area contributed by atoms with Crippen LogP contribution in [0.1, 0.15) is 32.1 Å². The molecule has 0 amide bonds. The van der Waals surface area contributed by atoms with Gasteiger partial charge in [-0.3, -0.25) is 4.79 Å². The Kier molecular flexibility index (Phi) is 2.23. The minimum atomic E-state index is -0.574. The van der Waals surface area contributed by atoms with Crippen LogP contribution in [0.4, 0.5) is 0 Å². The highest BCUT2D eigenvalue weighted by Gasteiger charge is 2.50. The monoisotopic (exact) mass is 209 g/mol. The van der Waals surface area contributed by atoms with E-state index >= 15 is 0 Å². The van der Waals surface area contributed by atoms with Gasteiger partial charge in [0.15, 0.2) is 0 Å². The third kappa shape index (κ3) is 1.67. The van der Waals surface area contributed by atoms with Crippen LogP contribution in [-0.2, 0) is 4.79 Å². The summed E-state index contributed by atoms with van der Waals surface area (Å²) in [6.45, 7) is 1.05. The lowest BCUT2D eigenvalue weighted by molar-refractivity contribution is -0.144. The second-order valence-electron chi connectivity index (χ2n) is 5.57. The first kappa shape index (κ1) is 9.64. The van der Waals surface area contributed by atoms with Crippen molar-refractivity contribution in [3.63, 3.8) is 0 Å². The SMILES string of the molecule is O=C(O)C1C2CCC(C2)C1NCC1CC1. The lowest BCUT2D eigenvalue weighted by Crippen LogP contribution is -2.44. The van der Waals surface area contributed by atoms with E-state index < -0.39 is 5.97 Å². The van der Waals surface area contributed by atoms with Crippen molar-refractivity contribution in [3.8, 4) is 0 Å². The third-order valence-corrected chi connectivity index (χ3v) is 4.54. The summed E-state index contributed by atoms with van der Waals surface area (Å²) in [7, 11) is 0. The molecule has 0 aromatic rings. The zero-order valence-corrected chi connectivity index (χ0v) is 8.98. The van der Waals surface area contributed by atoms with Crippen LogP contribution in [0.15, 0.2) is 0 Å². The summed E-state index contributed by atoms with van der Waals surface area (Å²) in [6, 6.07) is 0.279. The third-order valence-electron chi connectivity index (χ3n) is 4.54. The Labute approximate surface area is 90.2 Å². The molecule has 3 fully saturated rings. The Morgan fingerprint density at radius 2 is 1.93 bits per heavy atom. The van der Waals surface area contributed by atoms with Crippen molar-refractivity contribution in [1.29, 1.82) is 0 Å². The van der Waals surface area contributed by atoms with E-state index in [1.165, 1.54) is 19.3 Å². The fraction of sp³-hybridized carbons (Fsp3) is 0.917. The second-order valence-corrected chi connectivity index (χ2v) is 5.57. The van der Waals surface area contributed by atoms with Gasteiger partial charge in [0, 0.05) is 6.04 Å². The van der Waals surface area contributed by atoms with Gasteiger partial charge in [0.25, 0.3) is 0 Å². The first-order valence-corrected chi connectivity index (χ1v) is 6.22. The molecule has 0 spiro atoms. The molecule has 0 aliphatic heterocycles. The molecule has 3 saturated carbocycles. The highest BCUT2D eigenvalue weighted by Crippen LogP contribution is 2.48. The van der Waals surface area contributed by atoms with Gasteiger partial charge in [0.05, 0.1) is 5.92 Å². The molecule has 3 aliphatic rings. The largest absolute Gasteiger partial charge is 0.481 e. The molecule has 0 aromatic carbocycles. The van der Waals surface area contributed by atoms with Crippen molar-refractivity contribution in [3.05, 3.63) is 0 Å². The first-order valence-electron chi connectivity index (χ1n) is 6.22. The number of carbonyl (C=O) groups is 1. The second kappa shape index (κ2) is 3.48. The van der Waals surface area contributed by atoms with Crippen LogP contribution in [0.25, 0.3) is 0 Å². The number of hydrogen-bond donors (Lipinski definition) is 2. The Morgan fingerprint density at radius 3 is 2.60 bits per heavy atom. The van der Waals surface area contributed by atoms with Gasteiger partial charge in [0.2, 0.25) is 0 Å². The van der Waals surface area contributed by atoms with Gasteiger partial charge in [-0.05, 0) is 56.4 Å². The van der Waals surface area contributed by atoms with Crippen molar-refractivity contribution in [2.24, 2.45) is 23.7 Å². The number of rotatable bonds is 4. The quantitative estimate of drug-likeness (QED) is 0.737. The summed E-state index contributed by atoms with van der Waals surface area (Å²) in [5.74, 6) is 1.29. The molecule has 4 unspecified atom stereocenters. The van der Waals surface area contributed by atoms with Crippen LogP contribution < -0.4 is 5.32 Å². The highest BCUT2D eigenvalue weighted by molar-refractivity contribution is 5.72. The average Bonchev–Trinajstić information content (AvgIpc) is 2.81. The molecule has 3 rings (SSSR count). The smallest absolute Gasteiger partial charge is 0.308 e. The molecule has 3 aliphatic carbocycles. The van der Waals surface area contributed by atoms with Gasteiger partial charge in [-0.15, -0.1) is 0 Å². The predicted octanol–water partition coefficient (Wildman–Crippen LogP) is 1.49. The first-order chi connectivity index (χ1) is 7.25. The van der Waals surface area contributed by atoms with Crippen LogP contribution >= 0.6 is 0 Å². The van der Waals surface area contributed by atoms with Crippen molar-refractivity contribution in [2.75, 3.05) is 6.54 Å². The maximum absolute atomic E-state index is 11.2. The summed E-state index contributed by atoms with van der Waals surface area (Å²) in [6.07, 6.45) is 6.22. The van der Waals surface area contributed by atoms with Gasteiger partial charge < -0.3 is 10.4 Å². The van der Waals surface area contributed by atoms with Crippen molar-refractivity contribution >= 4 is 5.97 Å². The van der Waals surface area contributed by atoms with E-state index in [2.05, 4.69) is 5.32 Å². The minimum absolute atomic E-state index is 0.0949. The number of carboxylic acid groups (broad SMARTS) is 1. The fourth-order valence-electron chi connectivity index (χ4n) is 3.57. The van der Waals surface area contributed by atoms with Gasteiger partial charge in [-0.1, -0.05) is 0 Å². The van der Waals surface area contributed by atoms with Gasteiger partial charge in [0.1, 0.15) is 0 Å². The van der Waals surface area contributed by atoms with Crippen LogP contribution in [-0.4, -0.2) is 23.7 Å². The van der Waals surface area contributed by atoms with Crippen molar-refractivity contribution < 1.29 is 9.90 Å². The van der Waals surface area contributed by atoms with Gasteiger partial charge >= 0.3 is 5.97 Å². The van der Waals surface area contributed by atoms with E-state index in [4.69, 9.17) is 0 Å². The maximum atomic E-state index is 11.2. The number of nitrogens with one attached hydrogen (secondary N) is 1. The van der Waals surface area contributed by atoms with E-state index in [9.17, 15) is 9.90 Å². The summed E-state index contributed by atoms with van der Waals surface area (Å²) in [4.78, 5) is 11.2. The lowest BCUT2D eigenvalue weighted by Gasteiger charge is -2.29. The molecule has 2 N–H and O–H groups in total. The normalized spacial score (nSPS) is 43.5. The Morgan fingerprint density at radius 1 is 1.20 bits per heavy atom. The van der Waals surface area contributed by atoms with Crippen LogP contribution in [0.2, 0.25) is 0 Å². The molecule has 2 bridgehead atoms. The predicted molar refractivity (Wildman–Crippen MR) is 56.5 cm³/mol. The minimum Gasteiger partial charge on any atom is -0.481 e. The number of carboxylic acids is 1. The van der Waals surface area contributed by atoms with Crippen LogP contribution in [0.5, 0.6) is 0 Å². The Hall–Kier alpha value is -0.570. The number of aliphatic carboxylic acids is 1. The molecule has 0 radical (unpaired) electrons. The topological polar surface area (TPSA) is 49.3 Å². The summed E-state index contributed by atoms with van der Waals surface area (Å²) in [5.41, 5.74) is 0. The zero-order chi connectivity index (χ0) is 10.4. The summed E-state index contributed by atoms with van der Waals surface area (Å²) in [5, 5.41) is 12.8. The molecule has 3 nitrogen and oxygen atoms in total. The molecule has 84 valence electrons. The molecule has 0 saturated heterocycles. The van der Waals surface area contributed by atoms with Gasteiger partial charge in [-0.2, -0.15) is 0 Å². The Balaban J connectivity index is 1.65. The van der Waals surface area contributed by atoms with E-state index in [0.717, 1.165) is 25.3 Å². The van der Waals surface area contributed by atoms with Crippen molar-refractivity contribution in [2.45, 2.75) is 38.1 Å². The maximum Gasteiger partial charge on any atom is 0.308 e. The number of fused-ring (bicyclic) bond motifs is 2. The molecular weight excluding hydrogens is 190 g/mol. The van der Waals surface area contributed by atoms with E-state index in [-0.39, 0.29) is 12.0 Å². The molecule has 4 atom stereocenters. The van der Waals surface area contributed by atoms with Crippen LogP contribution in [0, 0.1) is 23.7 Å². The lowest BCUT2D eigenvalue weighted by atomic mass is 9.84. The highest BCUT2D eigenvalue weighted by atomic mass is 16.4. The molecule has 3 heteroatoms. The average molecular weight is 209 g/mol. The summed E-state index contributed by atoms with van der Waals surface area (Å²) >= 11 is 0. The molecule has 0 aromatic heterocycles. The van der Waals surface area contributed by atoms with E-state index in [1.54, 1.807) is 0 Å². The Bertz CT molecular complexity index is 275. The van der Waals surface area contributed by atoms with E-state index in [0.29, 0.717) is 11.8 Å². The molecular formula is C12H19NO2.